The van der Waals surface area contributed by atoms with Gasteiger partial charge in [-0.05, 0) is 25.8 Å². The second-order valence-electron chi connectivity index (χ2n) is 5.71. The van der Waals surface area contributed by atoms with Crippen LogP contribution < -0.4 is 5.73 Å². The number of likely N-dealkylation sites (tertiary alicyclic amines) is 1. The zero-order valence-electron chi connectivity index (χ0n) is 11.0. The molecule has 0 saturated carbocycles. The molecule has 1 saturated heterocycles. The summed E-state index contributed by atoms with van der Waals surface area (Å²) < 4.78 is 5.25. The van der Waals surface area contributed by atoms with E-state index in [1.54, 1.807) is 7.11 Å². The van der Waals surface area contributed by atoms with Crippen LogP contribution >= 0.6 is 12.4 Å². The van der Waals surface area contributed by atoms with E-state index in [0.717, 1.165) is 26.2 Å². The first kappa shape index (κ1) is 16.2. The van der Waals surface area contributed by atoms with Crippen LogP contribution in [0.4, 0.5) is 0 Å². The first-order valence-electron chi connectivity index (χ1n) is 5.91. The van der Waals surface area contributed by atoms with E-state index in [-0.39, 0.29) is 17.8 Å². The molecule has 2 atom stereocenters. The Balaban J connectivity index is 0.00000225. The third kappa shape index (κ3) is 4.58. The van der Waals surface area contributed by atoms with Gasteiger partial charge in [-0.2, -0.15) is 0 Å². The van der Waals surface area contributed by atoms with Crippen molar-refractivity contribution in [3.8, 4) is 0 Å². The molecule has 0 radical (unpaired) electrons. The van der Waals surface area contributed by atoms with Crippen LogP contribution in [0, 0.1) is 11.3 Å². The van der Waals surface area contributed by atoms with Gasteiger partial charge < -0.3 is 10.5 Å². The van der Waals surface area contributed by atoms with Crippen LogP contribution in [0.25, 0.3) is 0 Å². The van der Waals surface area contributed by atoms with Crippen molar-refractivity contribution >= 4 is 12.4 Å². The molecule has 0 spiro atoms. The van der Waals surface area contributed by atoms with E-state index < -0.39 is 0 Å². The van der Waals surface area contributed by atoms with Gasteiger partial charge in [-0.1, -0.05) is 13.8 Å². The molecule has 0 aromatic carbocycles. The van der Waals surface area contributed by atoms with Crippen LogP contribution in [-0.4, -0.2) is 44.3 Å². The number of hydrogen-bond donors (Lipinski definition) is 1. The number of rotatable bonds is 5. The SMILES string of the molecule is COCC(C)(C)CN1CC(CN)CC1C.Cl. The Bertz CT molecular complexity index is 199. The first-order valence-corrected chi connectivity index (χ1v) is 5.91. The fourth-order valence-electron chi connectivity index (χ4n) is 2.59. The summed E-state index contributed by atoms with van der Waals surface area (Å²) in [6.07, 6.45) is 1.25. The quantitative estimate of drug-likeness (QED) is 0.808. The molecule has 2 N–H and O–H groups in total. The maximum atomic E-state index is 5.73. The molecule has 0 bridgehead atoms. The van der Waals surface area contributed by atoms with E-state index >= 15 is 0 Å². The second kappa shape index (κ2) is 6.80. The third-order valence-electron chi connectivity index (χ3n) is 3.29. The van der Waals surface area contributed by atoms with Crippen LogP contribution in [0.2, 0.25) is 0 Å². The Labute approximate surface area is 106 Å². The average molecular weight is 251 g/mol. The average Bonchev–Trinajstić information content (AvgIpc) is 2.46. The van der Waals surface area contributed by atoms with Crippen molar-refractivity contribution in [2.24, 2.45) is 17.1 Å². The van der Waals surface area contributed by atoms with Crippen molar-refractivity contribution in [3.05, 3.63) is 0 Å². The van der Waals surface area contributed by atoms with Gasteiger partial charge in [-0.3, -0.25) is 4.90 Å². The van der Waals surface area contributed by atoms with Gasteiger partial charge >= 0.3 is 0 Å². The van der Waals surface area contributed by atoms with Crippen LogP contribution in [0.5, 0.6) is 0 Å². The molecule has 1 aliphatic heterocycles. The van der Waals surface area contributed by atoms with E-state index in [2.05, 4.69) is 25.7 Å². The lowest BCUT2D eigenvalue weighted by Crippen LogP contribution is -2.39. The van der Waals surface area contributed by atoms with Gasteiger partial charge in [0.05, 0.1) is 6.61 Å². The molecule has 0 aliphatic carbocycles. The molecule has 2 unspecified atom stereocenters. The maximum Gasteiger partial charge on any atom is 0.0525 e. The predicted octanol–water partition coefficient (Wildman–Crippen LogP) is 1.75. The van der Waals surface area contributed by atoms with Crippen LogP contribution in [0.15, 0.2) is 0 Å². The molecule has 1 rings (SSSR count). The standard InChI is InChI=1S/C12H26N2O.ClH/c1-10-5-11(6-13)7-14(10)8-12(2,3)9-15-4;/h10-11H,5-9,13H2,1-4H3;1H. The first-order chi connectivity index (χ1) is 6.98. The van der Waals surface area contributed by atoms with Crippen molar-refractivity contribution in [1.82, 2.24) is 4.90 Å². The molecule has 1 aliphatic rings. The van der Waals surface area contributed by atoms with Crippen LogP contribution in [0.1, 0.15) is 27.2 Å². The van der Waals surface area contributed by atoms with Crippen LogP contribution in [-0.2, 0) is 4.74 Å². The number of halogens is 1. The molecular formula is C12H27ClN2O. The minimum Gasteiger partial charge on any atom is -0.384 e. The van der Waals surface area contributed by atoms with Gasteiger partial charge in [-0.25, -0.2) is 0 Å². The van der Waals surface area contributed by atoms with Gasteiger partial charge in [0.1, 0.15) is 0 Å². The lowest BCUT2D eigenvalue weighted by molar-refractivity contribution is 0.0669. The van der Waals surface area contributed by atoms with Crippen molar-refractivity contribution in [3.63, 3.8) is 0 Å². The molecule has 0 aromatic rings. The Morgan fingerprint density at radius 1 is 1.44 bits per heavy atom. The smallest absolute Gasteiger partial charge is 0.0525 e. The lowest BCUT2D eigenvalue weighted by Gasteiger charge is -2.32. The van der Waals surface area contributed by atoms with Crippen molar-refractivity contribution in [2.75, 3.05) is 33.4 Å². The van der Waals surface area contributed by atoms with Gasteiger partial charge in [0.15, 0.2) is 0 Å². The molecule has 16 heavy (non-hydrogen) atoms. The lowest BCUT2D eigenvalue weighted by atomic mass is 9.94. The molecular weight excluding hydrogens is 224 g/mol. The largest absolute Gasteiger partial charge is 0.384 e. The number of ether oxygens (including phenoxy) is 1. The molecule has 4 heteroatoms. The molecule has 1 fully saturated rings. The predicted molar refractivity (Wildman–Crippen MR) is 71.1 cm³/mol. The molecule has 98 valence electrons. The summed E-state index contributed by atoms with van der Waals surface area (Å²) in [4.78, 5) is 2.55. The van der Waals surface area contributed by atoms with Crippen LogP contribution in [0.3, 0.4) is 0 Å². The highest BCUT2D eigenvalue weighted by Crippen LogP contribution is 2.27. The van der Waals surface area contributed by atoms with Crippen molar-refractivity contribution < 1.29 is 4.74 Å². The van der Waals surface area contributed by atoms with Gasteiger partial charge in [0.2, 0.25) is 0 Å². The minimum atomic E-state index is 0. The summed E-state index contributed by atoms with van der Waals surface area (Å²) in [7, 11) is 1.78. The minimum absolute atomic E-state index is 0. The van der Waals surface area contributed by atoms with E-state index in [9.17, 15) is 0 Å². The number of hydrogen-bond acceptors (Lipinski definition) is 3. The molecule has 0 amide bonds. The highest BCUT2D eigenvalue weighted by atomic mass is 35.5. The Morgan fingerprint density at radius 3 is 2.50 bits per heavy atom. The van der Waals surface area contributed by atoms with E-state index in [1.807, 2.05) is 0 Å². The fourth-order valence-corrected chi connectivity index (χ4v) is 2.59. The van der Waals surface area contributed by atoms with Crippen molar-refractivity contribution in [1.29, 1.82) is 0 Å². The van der Waals surface area contributed by atoms with E-state index in [1.165, 1.54) is 6.42 Å². The van der Waals surface area contributed by atoms with Gasteiger partial charge in [-0.15, -0.1) is 12.4 Å². The molecule has 1 heterocycles. The maximum absolute atomic E-state index is 5.73. The Kier molecular flexibility index (Phi) is 6.87. The normalized spacial score (nSPS) is 26.8. The zero-order valence-corrected chi connectivity index (χ0v) is 11.8. The highest BCUT2D eigenvalue weighted by Gasteiger charge is 2.32. The third-order valence-corrected chi connectivity index (χ3v) is 3.29. The van der Waals surface area contributed by atoms with Gasteiger partial charge in [0.25, 0.3) is 0 Å². The fraction of sp³-hybridized carbons (Fsp3) is 1.00. The summed E-state index contributed by atoms with van der Waals surface area (Å²) in [5.74, 6) is 0.693. The number of nitrogens with two attached hydrogens (primary N) is 1. The Hall–Kier alpha value is 0.170. The summed E-state index contributed by atoms with van der Waals surface area (Å²) in [6, 6.07) is 0.676. The van der Waals surface area contributed by atoms with E-state index in [0.29, 0.717) is 12.0 Å². The summed E-state index contributed by atoms with van der Waals surface area (Å²) in [6.45, 7) is 10.7. The highest BCUT2D eigenvalue weighted by molar-refractivity contribution is 5.85. The monoisotopic (exact) mass is 250 g/mol. The topological polar surface area (TPSA) is 38.5 Å². The zero-order chi connectivity index (χ0) is 11.5. The Morgan fingerprint density at radius 2 is 2.06 bits per heavy atom. The van der Waals surface area contributed by atoms with Crippen molar-refractivity contribution in [2.45, 2.75) is 33.2 Å². The number of methoxy groups -OCH3 is 1. The molecule has 3 nitrogen and oxygen atoms in total. The summed E-state index contributed by atoms with van der Waals surface area (Å²) in [5, 5.41) is 0. The van der Waals surface area contributed by atoms with E-state index in [4.69, 9.17) is 10.5 Å². The summed E-state index contributed by atoms with van der Waals surface area (Å²) >= 11 is 0. The number of nitrogens with zero attached hydrogens (tertiary/aromatic N) is 1. The van der Waals surface area contributed by atoms with Gasteiger partial charge in [0, 0.05) is 31.7 Å². The summed E-state index contributed by atoms with van der Waals surface area (Å²) in [5.41, 5.74) is 5.97. The molecule has 0 aromatic heterocycles. The second-order valence-corrected chi connectivity index (χ2v) is 5.71.